The van der Waals surface area contributed by atoms with Gasteiger partial charge in [0.2, 0.25) is 0 Å². The predicted molar refractivity (Wildman–Crippen MR) is 110 cm³/mol. The molecule has 1 unspecified atom stereocenters. The zero-order valence-electron chi connectivity index (χ0n) is 19.4. The number of hydrogen-bond donors (Lipinski definition) is 10. The van der Waals surface area contributed by atoms with Gasteiger partial charge in [0.25, 0.3) is 0 Å². The molecule has 4 aliphatic heterocycles. The smallest absolute Gasteiger partial charge is 0.187 e. The molecule has 4 aliphatic rings. The van der Waals surface area contributed by atoms with Gasteiger partial charge in [-0.15, -0.1) is 0 Å². The largest absolute Gasteiger partial charge is 0.394 e. The highest BCUT2D eigenvalue weighted by atomic mass is 16.8. The third kappa shape index (κ3) is 5.93. The zero-order valence-corrected chi connectivity index (χ0v) is 19.4. The van der Waals surface area contributed by atoms with Gasteiger partial charge in [-0.05, 0) is 0 Å². The van der Waals surface area contributed by atoms with E-state index in [1.807, 2.05) is 0 Å². The highest BCUT2D eigenvalue weighted by molar-refractivity contribution is 4.94. The molecule has 17 heteroatoms. The summed E-state index contributed by atoms with van der Waals surface area (Å²) in [6.07, 6.45) is -22.5. The van der Waals surface area contributed by atoms with Crippen molar-refractivity contribution in [3.8, 4) is 0 Å². The van der Waals surface area contributed by atoms with E-state index in [1.165, 1.54) is 0 Å². The first-order valence-electron chi connectivity index (χ1n) is 11.7. The third-order valence-electron chi connectivity index (χ3n) is 6.77. The summed E-state index contributed by atoms with van der Waals surface area (Å²) in [7, 11) is 0. The highest BCUT2D eigenvalue weighted by Gasteiger charge is 2.52. The Morgan fingerprint density at radius 1 is 0.459 bits per heavy atom. The van der Waals surface area contributed by atoms with Gasteiger partial charge in [0.15, 0.2) is 25.2 Å². The van der Waals surface area contributed by atoms with E-state index < -0.39 is 125 Å². The van der Waals surface area contributed by atoms with Crippen LogP contribution in [0.25, 0.3) is 0 Å². The van der Waals surface area contributed by atoms with E-state index in [-0.39, 0.29) is 0 Å². The summed E-state index contributed by atoms with van der Waals surface area (Å²) in [4.78, 5) is 0. The lowest BCUT2D eigenvalue weighted by atomic mass is 10.1. The number of aliphatic hydroxyl groups excluding tert-OH is 10. The Labute approximate surface area is 209 Å². The molecule has 0 radical (unpaired) electrons. The Morgan fingerprint density at radius 2 is 0.919 bits per heavy atom. The molecule has 4 heterocycles. The number of rotatable bonds is 10. The van der Waals surface area contributed by atoms with Crippen molar-refractivity contribution >= 4 is 0 Å². The van der Waals surface area contributed by atoms with Crippen LogP contribution in [0, 0.1) is 0 Å². The van der Waals surface area contributed by atoms with Gasteiger partial charge in [-0.2, -0.15) is 0 Å². The van der Waals surface area contributed by atoms with Crippen LogP contribution >= 0.6 is 0 Å². The first-order valence-corrected chi connectivity index (χ1v) is 11.7. The third-order valence-corrected chi connectivity index (χ3v) is 6.77. The standard InChI is InChI=1S/C20H34O17/c21-1-5-9(23)13(27)18(34-5)32-4-8-16(37-20-14(28)10(24)6(2-22)35-20)15(29)19(36-8)31-3-7-11(25)12(26)17(30)33-7/h5-30H,1-4H2/t5-,6-,7-,8-,9-,10-,11-,12+,13+,14+,15+,16-,17?,18+,19+,20-/m1/s1. The van der Waals surface area contributed by atoms with Gasteiger partial charge in [-0.25, -0.2) is 0 Å². The Hall–Kier alpha value is -0.680. The van der Waals surface area contributed by atoms with Gasteiger partial charge in [0, 0.05) is 0 Å². The Kier molecular flexibility index (Phi) is 9.69. The number of ether oxygens (including phenoxy) is 7. The molecule has 0 saturated carbocycles. The average molecular weight is 546 g/mol. The van der Waals surface area contributed by atoms with E-state index in [1.54, 1.807) is 0 Å². The summed E-state index contributed by atoms with van der Waals surface area (Å²) in [5.41, 5.74) is 0. The van der Waals surface area contributed by atoms with Crippen LogP contribution in [0.4, 0.5) is 0 Å². The quantitative estimate of drug-likeness (QED) is 0.122. The minimum Gasteiger partial charge on any atom is -0.394 e. The maximum atomic E-state index is 10.8. The molecule has 16 atom stereocenters. The number of aliphatic hydroxyl groups is 10. The van der Waals surface area contributed by atoms with Gasteiger partial charge < -0.3 is 84.2 Å². The van der Waals surface area contributed by atoms with Gasteiger partial charge in [0.05, 0.1) is 26.4 Å². The van der Waals surface area contributed by atoms with E-state index in [2.05, 4.69) is 0 Å². The van der Waals surface area contributed by atoms with E-state index in [0.717, 1.165) is 0 Å². The first kappa shape index (κ1) is 29.3. The van der Waals surface area contributed by atoms with Crippen molar-refractivity contribution < 1.29 is 84.2 Å². The van der Waals surface area contributed by atoms with Crippen molar-refractivity contribution in [1.82, 2.24) is 0 Å². The minimum absolute atomic E-state index is 0.428. The van der Waals surface area contributed by atoms with Crippen molar-refractivity contribution in [2.75, 3.05) is 26.4 Å². The molecule has 10 N–H and O–H groups in total. The molecule has 37 heavy (non-hydrogen) atoms. The van der Waals surface area contributed by atoms with E-state index in [4.69, 9.17) is 33.2 Å². The van der Waals surface area contributed by atoms with Crippen molar-refractivity contribution in [3.63, 3.8) is 0 Å². The van der Waals surface area contributed by atoms with Gasteiger partial charge in [-0.3, -0.25) is 0 Å². The lowest BCUT2D eigenvalue weighted by Gasteiger charge is -2.26. The summed E-state index contributed by atoms with van der Waals surface area (Å²) in [5, 5.41) is 98.6. The van der Waals surface area contributed by atoms with Crippen LogP contribution in [-0.2, 0) is 33.2 Å². The second kappa shape index (κ2) is 12.2. The SMILES string of the molecule is OC[C@H]1O[C@H](OC[C@H]2O[C@H](OC[C@H]3OC(O)[C@@H](O)[C@@H]3O)[C@@H](O)[C@@H]2O[C@H]2O[C@H](CO)[C@@H](O)[C@@H]2O)[C@@H](O)[C@@H]1O. The van der Waals surface area contributed by atoms with Crippen LogP contribution in [0.2, 0.25) is 0 Å². The summed E-state index contributed by atoms with van der Waals surface area (Å²) in [6, 6.07) is 0. The van der Waals surface area contributed by atoms with Crippen molar-refractivity contribution in [1.29, 1.82) is 0 Å². The summed E-state index contributed by atoms with van der Waals surface area (Å²) >= 11 is 0. The molecule has 216 valence electrons. The molecule has 17 nitrogen and oxygen atoms in total. The topological polar surface area (TPSA) is 267 Å². The molecule has 0 aromatic carbocycles. The van der Waals surface area contributed by atoms with Crippen LogP contribution in [0.1, 0.15) is 0 Å². The van der Waals surface area contributed by atoms with Crippen molar-refractivity contribution in [2.45, 2.75) is 98.4 Å². The highest BCUT2D eigenvalue weighted by Crippen LogP contribution is 2.32. The van der Waals surface area contributed by atoms with Gasteiger partial charge in [0.1, 0.15) is 73.2 Å². The average Bonchev–Trinajstić information content (AvgIpc) is 3.52. The van der Waals surface area contributed by atoms with E-state index >= 15 is 0 Å². The molecular formula is C20H34O17. The minimum atomic E-state index is -1.64. The van der Waals surface area contributed by atoms with Gasteiger partial charge in [-0.1, -0.05) is 0 Å². The van der Waals surface area contributed by atoms with Crippen LogP contribution < -0.4 is 0 Å². The van der Waals surface area contributed by atoms with E-state index in [9.17, 15) is 51.1 Å². The van der Waals surface area contributed by atoms with Crippen molar-refractivity contribution in [2.24, 2.45) is 0 Å². The monoisotopic (exact) mass is 546 g/mol. The fraction of sp³-hybridized carbons (Fsp3) is 1.00. The van der Waals surface area contributed by atoms with Crippen molar-refractivity contribution in [3.05, 3.63) is 0 Å². The predicted octanol–water partition coefficient (Wildman–Crippen LogP) is -7.19. The molecule has 0 bridgehead atoms. The Bertz CT molecular complexity index is 731. The van der Waals surface area contributed by atoms with Crippen LogP contribution in [0.15, 0.2) is 0 Å². The normalized spacial score (nSPS) is 52.4. The second-order valence-corrected chi connectivity index (χ2v) is 9.26. The fourth-order valence-electron chi connectivity index (χ4n) is 4.53. The maximum Gasteiger partial charge on any atom is 0.187 e. The molecular weight excluding hydrogens is 512 g/mol. The lowest BCUT2D eigenvalue weighted by Crippen LogP contribution is -2.44. The molecule has 0 spiro atoms. The summed E-state index contributed by atoms with van der Waals surface area (Å²) < 4.78 is 37.8. The van der Waals surface area contributed by atoms with Gasteiger partial charge >= 0.3 is 0 Å². The molecule has 4 fully saturated rings. The first-order chi connectivity index (χ1) is 17.6. The van der Waals surface area contributed by atoms with Crippen LogP contribution in [-0.4, -0.2) is 176 Å². The maximum absolute atomic E-state index is 10.8. The second-order valence-electron chi connectivity index (χ2n) is 9.26. The molecule has 0 aliphatic carbocycles. The fourth-order valence-corrected chi connectivity index (χ4v) is 4.53. The Morgan fingerprint density at radius 3 is 1.43 bits per heavy atom. The molecule has 0 amide bonds. The molecule has 0 aromatic heterocycles. The molecule has 4 rings (SSSR count). The molecule has 0 aromatic rings. The summed E-state index contributed by atoms with van der Waals surface area (Å²) in [5.74, 6) is 0. The lowest BCUT2D eigenvalue weighted by molar-refractivity contribution is -0.228. The zero-order chi connectivity index (χ0) is 27.0. The van der Waals surface area contributed by atoms with Crippen LogP contribution in [0.3, 0.4) is 0 Å². The Balaban J connectivity index is 1.41. The van der Waals surface area contributed by atoms with E-state index in [0.29, 0.717) is 0 Å². The molecule has 4 saturated heterocycles. The number of hydrogen-bond acceptors (Lipinski definition) is 17. The van der Waals surface area contributed by atoms with Crippen LogP contribution in [0.5, 0.6) is 0 Å². The summed E-state index contributed by atoms with van der Waals surface area (Å²) in [6.45, 7) is -2.06.